The molecule has 0 N–H and O–H groups in total. The van der Waals surface area contributed by atoms with E-state index in [1.165, 1.54) is 6.42 Å². The average molecular weight is 365 g/mol. The molecular formula is C22H36O4. The molecule has 1 aliphatic carbocycles. The molecular weight excluding hydrogens is 328 g/mol. The molecule has 4 heteroatoms. The minimum atomic E-state index is -0.417. The molecule has 7 unspecified atom stereocenters. The second-order valence-corrected chi connectivity index (χ2v) is 10.5. The van der Waals surface area contributed by atoms with Crippen molar-refractivity contribution in [2.75, 3.05) is 0 Å². The van der Waals surface area contributed by atoms with E-state index in [9.17, 15) is 4.79 Å². The Bertz CT molecular complexity index is 589. The van der Waals surface area contributed by atoms with Crippen molar-refractivity contribution in [2.24, 2.45) is 23.7 Å². The third kappa shape index (κ3) is 2.74. The molecule has 4 nitrogen and oxygen atoms in total. The SMILES string of the molecule is CC(=O)O[C@@]1(C)CCC(C(C)C)C2C3OC(CC4(C)CCCC3(C)O4)C21. The third-order valence-corrected chi connectivity index (χ3v) is 7.99. The van der Waals surface area contributed by atoms with Gasteiger partial charge in [-0.25, -0.2) is 0 Å². The summed E-state index contributed by atoms with van der Waals surface area (Å²) in [4.78, 5) is 11.9. The van der Waals surface area contributed by atoms with Gasteiger partial charge in [-0.15, -0.1) is 0 Å². The fourth-order valence-electron chi connectivity index (χ4n) is 7.10. The highest BCUT2D eigenvalue weighted by Crippen LogP contribution is 2.61. The molecule has 4 fully saturated rings. The van der Waals surface area contributed by atoms with Crippen molar-refractivity contribution in [3.8, 4) is 0 Å². The van der Waals surface area contributed by atoms with E-state index < -0.39 is 5.60 Å². The van der Waals surface area contributed by atoms with Crippen LogP contribution in [0, 0.1) is 23.7 Å². The van der Waals surface area contributed by atoms with Gasteiger partial charge in [0, 0.05) is 25.2 Å². The first-order valence-corrected chi connectivity index (χ1v) is 10.6. The Morgan fingerprint density at radius 3 is 2.54 bits per heavy atom. The molecule has 0 aromatic carbocycles. The predicted molar refractivity (Wildman–Crippen MR) is 99.7 cm³/mol. The Morgan fingerprint density at radius 2 is 1.88 bits per heavy atom. The second-order valence-electron chi connectivity index (χ2n) is 10.5. The number of esters is 1. The van der Waals surface area contributed by atoms with Gasteiger partial charge in [0.25, 0.3) is 0 Å². The van der Waals surface area contributed by atoms with E-state index in [1.54, 1.807) is 6.92 Å². The van der Waals surface area contributed by atoms with E-state index in [1.807, 2.05) is 0 Å². The minimum absolute atomic E-state index is 0.112. The van der Waals surface area contributed by atoms with Gasteiger partial charge in [-0.05, 0) is 64.7 Å². The quantitative estimate of drug-likeness (QED) is 0.677. The van der Waals surface area contributed by atoms with Crippen molar-refractivity contribution in [1.29, 1.82) is 0 Å². The van der Waals surface area contributed by atoms with E-state index in [0.29, 0.717) is 17.8 Å². The smallest absolute Gasteiger partial charge is 0.303 e. The second kappa shape index (κ2) is 5.94. The highest BCUT2D eigenvalue weighted by Gasteiger charge is 2.67. The van der Waals surface area contributed by atoms with Crippen molar-refractivity contribution < 1.29 is 19.0 Å². The van der Waals surface area contributed by atoms with Crippen LogP contribution in [0.15, 0.2) is 0 Å². The molecule has 3 saturated heterocycles. The van der Waals surface area contributed by atoms with Crippen LogP contribution in [0.1, 0.15) is 80.1 Å². The van der Waals surface area contributed by atoms with Gasteiger partial charge in [0.2, 0.25) is 0 Å². The summed E-state index contributed by atoms with van der Waals surface area (Å²) in [6.07, 6.45) is 6.58. The van der Waals surface area contributed by atoms with Crippen LogP contribution >= 0.6 is 0 Å². The zero-order chi connectivity index (χ0) is 18.9. The Labute approximate surface area is 158 Å². The fraction of sp³-hybridized carbons (Fsp3) is 0.955. The normalized spacial score (nSPS) is 53.1. The first-order valence-electron chi connectivity index (χ1n) is 10.6. The number of rotatable bonds is 2. The molecule has 0 spiro atoms. The lowest BCUT2D eigenvalue weighted by Crippen LogP contribution is -2.60. The molecule has 4 aliphatic rings. The first-order chi connectivity index (χ1) is 12.1. The Hall–Kier alpha value is -0.610. The van der Waals surface area contributed by atoms with Crippen molar-refractivity contribution in [3.05, 3.63) is 0 Å². The summed E-state index contributed by atoms with van der Waals surface area (Å²) < 4.78 is 19.5. The third-order valence-electron chi connectivity index (χ3n) is 7.99. The number of fused-ring (bicyclic) bond motifs is 8. The molecule has 0 aromatic rings. The Morgan fingerprint density at radius 1 is 1.15 bits per heavy atom. The maximum Gasteiger partial charge on any atom is 0.303 e. The highest BCUT2D eigenvalue weighted by molar-refractivity contribution is 5.66. The summed E-state index contributed by atoms with van der Waals surface area (Å²) in [5.41, 5.74) is -0.748. The summed E-state index contributed by atoms with van der Waals surface area (Å²) >= 11 is 0. The maximum atomic E-state index is 11.9. The molecule has 148 valence electrons. The summed E-state index contributed by atoms with van der Waals surface area (Å²) in [5, 5.41) is 0. The molecule has 26 heavy (non-hydrogen) atoms. The lowest BCUT2D eigenvalue weighted by Gasteiger charge is -2.55. The topological polar surface area (TPSA) is 44.8 Å². The van der Waals surface area contributed by atoms with Gasteiger partial charge in [0.05, 0.1) is 23.4 Å². The van der Waals surface area contributed by atoms with Crippen LogP contribution in [0.25, 0.3) is 0 Å². The van der Waals surface area contributed by atoms with Crippen LogP contribution in [-0.4, -0.2) is 35.0 Å². The van der Waals surface area contributed by atoms with Gasteiger partial charge < -0.3 is 14.2 Å². The van der Waals surface area contributed by atoms with Crippen LogP contribution in [0.2, 0.25) is 0 Å². The molecule has 4 rings (SSSR count). The number of hydrogen-bond donors (Lipinski definition) is 0. The summed E-state index contributed by atoms with van der Waals surface area (Å²) in [6.45, 7) is 12.9. The lowest BCUT2D eigenvalue weighted by atomic mass is 9.56. The van der Waals surface area contributed by atoms with Gasteiger partial charge in [0.1, 0.15) is 5.60 Å². The van der Waals surface area contributed by atoms with Gasteiger partial charge in [-0.2, -0.15) is 0 Å². The van der Waals surface area contributed by atoms with E-state index in [4.69, 9.17) is 14.2 Å². The number of hydrogen-bond acceptors (Lipinski definition) is 4. The predicted octanol–water partition coefficient (Wildman–Crippen LogP) is 4.50. The van der Waals surface area contributed by atoms with Crippen LogP contribution in [0.3, 0.4) is 0 Å². The summed E-state index contributed by atoms with van der Waals surface area (Å²) in [6, 6.07) is 0. The Balaban J connectivity index is 1.78. The van der Waals surface area contributed by atoms with Gasteiger partial charge >= 0.3 is 5.97 Å². The molecule has 3 heterocycles. The van der Waals surface area contributed by atoms with E-state index in [0.717, 1.165) is 32.1 Å². The molecule has 0 aromatic heterocycles. The Kier molecular flexibility index (Phi) is 4.28. The van der Waals surface area contributed by atoms with Crippen LogP contribution in [0.5, 0.6) is 0 Å². The molecule has 8 atom stereocenters. The number of ether oxygens (including phenoxy) is 3. The monoisotopic (exact) mass is 364 g/mol. The van der Waals surface area contributed by atoms with Crippen molar-refractivity contribution in [2.45, 2.75) is 109 Å². The average Bonchev–Trinajstić information content (AvgIpc) is 2.83. The molecule has 0 radical (unpaired) electrons. The summed E-state index contributed by atoms with van der Waals surface area (Å²) in [5.74, 6) is 1.73. The van der Waals surface area contributed by atoms with E-state index >= 15 is 0 Å². The van der Waals surface area contributed by atoms with Gasteiger partial charge in [0.15, 0.2) is 0 Å². The van der Waals surface area contributed by atoms with Crippen molar-refractivity contribution >= 4 is 5.97 Å². The molecule has 1 saturated carbocycles. The van der Waals surface area contributed by atoms with E-state index in [2.05, 4.69) is 34.6 Å². The lowest BCUT2D eigenvalue weighted by molar-refractivity contribution is -0.219. The fourth-order valence-corrected chi connectivity index (χ4v) is 7.10. The van der Waals surface area contributed by atoms with Crippen molar-refractivity contribution in [3.63, 3.8) is 0 Å². The van der Waals surface area contributed by atoms with Crippen LogP contribution in [0.4, 0.5) is 0 Å². The van der Waals surface area contributed by atoms with Crippen molar-refractivity contribution in [1.82, 2.24) is 0 Å². The molecule has 4 bridgehead atoms. The standard InChI is InChI=1S/C22H36O4/c1-13(2)15-8-11-21(5,25-14(3)23)18-16-12-20(4)9-7-10-22(6,26-20)19(24-16)17(15)18/h13,15-19H,7-12H2,1-6H3/t15?,16?,17?,18?,19?,20?,21-,22?/m0/s1. The largest absolute Gasteiger partial charge is 0.459 e. The number of carbonyl (C=O) groups excluding carboxylic acids is 1. The van der Waals surface area contributed by atoms with Crippen LogP contribution < -0.4 is 0 Å². The van der Waals surface area contributed by atoms with Gasteiger partial charge in [-0.1, -0.05) is 13.8 Å². The maximum absolute atomic E-state index is 11.9. The highest BCUT2D eigenvalue weighted by atomic mass is 16.6. The first kappa shape index (κ1) is 18.7. The van der Waals surface area contributed by atoms with E-state index in [-0.39, 0.29) is 35.3 Å². The van der Waals surface area contributed by atoms with Gasteiger partial charge in [-0.3, -0.25) is 4.79 Å². The zero-order valence-corrected chi connectivity index (χ0v) is 17.3. The number of carbonyl (C=O) groups is 1. The zero-order valence-electron chi connectivity index (χ0n) is 17.3. The molecule has 0 amide bonds. The van der Waals surface area contributed by atoms with Crippen LogP contribution in [-0.2, 0) is 19.0 Å². The minimum Gasteiger partial charge on any atom is -0.459 e. The summed E-state index contributed by atoms with van der Waals surface area (Å²) in [7, 11) is 0. The molecule has 3 aliphatic heterocycles.